The molecule has 0 aromatic carbocycles. The summed E-state index contributed by atoms with van der Waals surface area (Å²) >= 11 is 0. The Bertz CT molecular complexity index is 340. The molecule has 1 saturated carbocycles. The smallest absolute Gasteiger partial charge is 0.410 e. The molecule has 0 aromatic heterocycles. The van der Waals surface area contributed by atoms with E-state index in [4.69, 9.17) is 4.74 Å². The maximum atomic E-state index is 11.9. The minimum Gasteiger partial charge on any atom is -0.444 e. The Morgan fingerprint density at radius 2 is 1.95 bits per heavy atom. The predicted octanol–water partition coefficient (Wildman–Crippen LogP) is 2.86. The lowest BCUT2D eigenvalue weighted by molar-refractivity contribution is -0.108. The van der Waals surface area contributed by atoms with Crippen LogP contribution in [0.15, 0.2) is 0 Å². The molecule has 0 radical (unpaired) electrons. The van der Waals surface area contributed by atoms with Gasteiger partial charge in [-0.05, 0) is 57.8 Å². The van der Waals surface area contributed by atoms with E-state index in [-0.39, 0.29) is 6.09 Å². The highest BCUT2D eigenvalue weighted by Gasteiger charge is 2.43. The predicted molar refractivity (Wildman–Crippen MR) is 72.8 cm³/mol. The molecule has 1 amide bonds. The van der Waals surface area contributed by atoms with Gasteiger partial charge in [0, 0.05) is 19.5 Å². The van der Waals surface area contributed by atoms with E-state index in [1.165, 1.54) is 6.42 Å². The highest BCUT2D eigenvalue weighted by molar-refractivity contribution is 5.68. The largest absolute Gasteiger partial charge is 0.444 e. The molecule has 1 aliphatic heterocycles. The van der Waals surface area contributed by atoms with Crippen molar-refractivity contribution in [3.8, 4) is 0 Å². The Morgan fingerprint density at radius 3 is 2.47 bits per heavy atom. The third-order valence-electron chi connectivity index (χ3n) is 4.17. The Hall–Kier alpha value is -1.06. The van der Waals surface area contributed by atoms with Crippen LogP contribution in [0.1, 0.15) is 46.5 Å². The molecule has 0 bridgehead atoms. The summed E-state index contributed by atoms with van der Waals surface area (Å²) in [6.07, 6.45) is 4.89. The zero-order valence-corrected chi connectivity index (χ0v) is 12.2. The van der Waals surface area contributed by atoms with Gasteiger partial charge in [0.2, 0.25) is 0 Å². The van der Waals surface area contributed by atoms with Crippen LogP contribution >= 0.6 is 0 Å². The summed E-state index contributed by atoms with van der Waals surface area (Å²) in [4.78, 5) is 24.2. The molecule has 4 nitrogen and oxygen atoms in total. The van der Waals surface area contributed by atoms with Crippen molar-refractivity contribution in [2.75, 3.05) is 13.1 Å². The van der Waals surface area contributed by atoms with E-state index in [1.54, 1.807) is 0 Å². The Labute approximate surface area is 115 Å². The van der Waals surface area contributed by atoms with Crippen molar-refractivity contribution in [1.82, 2.24) is 4.90 Å². The van der Waals surface area contributed by atoms with E-state index in [0.29, 0.717) is 11.8 Å². The van der Waals surface area contributed by atoms with E-state index in [0.717, 1.165) is 44.6 Å². The van der Waals surface area contributed by atoms with Crippen LogP contribution in [0, 0.1) is 17.8 Å². The Morgan fingerprint density at radius 1 is 1.32 bits per heavy atom. The highest BCUT2D eigenvalue weighted by atomic mass is 16.6. The summed E-state index contributed by atoms with van der Waals surface area (Å²) in [6.45, 7) is 7.28. The Balaban J connectivity index is 1.74. The number of hydrogen-bond acceptors (Lipinski definition) is 3. The number of carbonyl (C=O) groups excluding carboxylic acids is 2. The first-order chi connectivity index (χ1) is 8.90. The van der Waals surface area contributed by atoms with Gasteiger partial charge in [-0.25, -0.2) is 4.79 Å². The van der Waals surface area contributed by atoms with Gasteiger partial charge in [0.05, 0.1) is 0 Å². The van der Waals surface area contributed by atoms with Gasteiger partial charge in [-0.15, -0.1) is 0 Å². The number of nitrogens with zero attached hydrogens (tertiary/aromatic N) is 1. The van der Waals surface area contributed by atoms with Crippen molar-refractivity contribution in [3.05, 3.63) is 0 Å². The fourth-order valence-electron chi connectivity index (χ4n) is 3.08. The summed E-state index contributed by atoms with van der Waals surface area (Å²) in [7, 11) is 0. The van der Waals surface area contributed by atoms with Gasteiger partial charge >= 0.3 is 6.09 Å². The van der Waals surface area contributed by atoms with Crippen molar-refractivity contribution in [2.24, 2.45) is 17.8 Å². The van der Waals surface area contributed by atoms with Crippen molar-refractivity contribution in [1.29, 1.82) is 0 Å². The van der Waals surface area contributed by atoms with Gasteiger partial charge in [-0.1, -0.05) is 0 Å². The summed E-state index contributed by atoms with van der Waals surface area (Å²) in [6, 6.07) is 0. The number of hydrogen-bond donors (Lipinski definition) is 0. The zero-order chi connectivity index (χ0) is 14.0. The fourth-order valence-corrected chi connectivity index (χ4v) is 3.08. The second-order valence-corrected chi connectivity index (χ2v) is 6.87. The number of aldehydes is 1. The summed E-state index contributed by atoms with van der Waals surface area (Å²) in [5.74, 6) is 2.05. The first-order valence-corrected chi connectivity index (χ1v) is 7.32. The highest BCUT2D eigenvalue weighted by Crippen LogP contribution is 2.49. The number of ether oxygens (including phenoxy) is 1. The number of piperidine rings is 1. The minimum absolute atomic E-state index is 0.189. The van der Waals surface area contributed by atoms with Gasteiger partial charge in [-0.2, -0.15) is 0 Å². The topological polar surface area (TPSA) is 46.6 Å². The van der Waals surface area contributed by atoms with Crippen LogP contribution in [0.4, 0.5) is 4.79 Å². The van der Waals surface area contributed by atoms with Crippen LogP contribution in [-0.2, 0) is 9.53 Å². The molecule has 108 valence electrons. The second kappa shape index (κ2) is 5.51. The van der Waals surface area contributed by atoms with Crippen molar-refractivity contribution in [2.45, 2.75) is 52.1 Å². The molecular formula is C15H25NO3. The van der Waals surface area contributed by atoms with Crippen LogP contribution in [0.5, 0.6) is 0 Å². The molecular weight excluding hydrogens is 242 g/mol. The molecule has 0 N–H and O–H groups in total. The minimum atomic E-state index is -0.417. The molecule has 19 heavy (non-hydrogen) atoms. The SMILES string of the molecule is CC(C)(C)OC(=O)N1CCC([C@H]2C[C@@H]2CC=O)CC1. The molecule has 2 rings (SSSR count). The Kier molecular flexibility index (Phi) is 4.16. The first kappa shape index (κ1) is 14.4. The maximum absolute atomic E-state index is 11.9. The van der Waals surface area contributed by atoms with Gasteiger partial charge < -0.3 is 14.4 Å². The average Bonchev–Trinajstić information content (AvgIpc) is 3.07. The quantitative estimate of drug-likeness (QED) is 0.739. The number of amides is 1. The van der Waals surface area contributed by atoms with Crippen LogP contribution in [0.3, 0.4) is 0 Å². The normalized spacial score (nSPS) is 28.1. The molecule has 0 unspecified atom stereocenters. The molecule has 1 heterocycles. The van der Waals surface area contributed by atoms with E-state index < -0.39 is 5.60 Å². The van der Waals surface area contributed by atoms with Crippen molar-refractivity contribution >= 4 is 12.4 Å². The maximum Gasteiger partial charge on any atom is 0.410 e. The molecule has 1 saturated heterocycles. The van der Waals surface area contributed by atoms with Crippen LogP contribution < -0.4 is 0 Å². The monoisotopic (exact) mass is 267 g/mol. The van der Waals surface area contributed by atoms with Crippen molar-refractivity contribution < 1.29 is 14.3 Å². The number of likely N-dealkylation sites (tertiary alicyclic amines) is 1. The molecule has 1 aliphatic carbocycles. The third-order valence-corrected chi connectivity index (χ3v) is 4.17. The number of carbonyl (C=O) groups is 2. The lowest BCUT2D eigenvalue weighted by atomic mass is 9.91. The van der Waals surface area contributed by atoms with E-state index in [1.807, 2.05) is 25.7 Å². The van der Waals surface area contributed by atoms with Crippen LogP contribution in [0.25, 0.3) is 0 Å². The molecule has 2 aliphatic rings. The molecule has 2 atom stereocenters. The average molecular weight is 267 g/mol. The second-order valence-electron chi connectivity index (χ2n) is 6.87. The van der Waals surface area contributed by atoms with Gasteiger partial charge in [0.15, 0.2) is 0 Å². The lowest BCUT2D eigenvalue weighted by Gasteiger charge is -2.33. The summed E-state index contributed by atoms with van der Waals surface area (Å²) < 4.78 is 5.39. The summed E-state index contributed by atoms with van der Waals surface area (Å²) in [5.41, 5.74) is -0.417. The third kappa shape index (κ3) is 3.95. The molecule has 4 heteroatoms. The van der Waals surface area contributed by atoms with E-state index >= 15 is 0 Å². The van der Waals surface area contributed by atoms with Gasteiger partial charge in [0.1, 0.15) is 11.9 Å². The van der Waals surface area contributed by atoms with Gasteiger partial charge in [0.25, 0.3) is 0 Å². The first-order valence-electron chi connectivity index (χ1n) is 7.32. The standard InChI is InChI=1S/C15H25NO3/c1-15(2,3)19-14(18)16-7-4-11(5-8-16)13-10-12(13)6-9-17/h9,11-13H,4-8,10H2,1-3H3/t12-,13+/m0/s1. The molecule has 0 aromatic rings. The molecule has 0 spiro atoms. The summed E-state index contributed by atoms with van der Waals surface area (Å²) in [5, 5.41) is 0. The lowest BCUT2D eigenvalue weighted by Crippen LogP contribution is -2.42. The fraction of sp³-hybridized carbons (Fsp3) is 0.867. The van der Waals surface area contributed by atoms with Gasteiger partial charge in [-0.3, -0.25) is 0 Å². The number of rotatable bonds is 3. The van der Waals surface area contributed by atoms with Crippen molar-refractivity contribution in [3.63, 3.8) is 0 Å². The van der Waals surface area contributed by atoms with E-state index in [9.17, 15) is 9.59 Å². The zero-order valence-electron chi connectivity index (χ0n) is 12.2. The van der Waals surface area contributed by atoms with Crippen LogP contribution in [-0.4, -0.2) is 36.0 Å². The van der Waals surface area contributed by atoms with Crippen LogP contribution in [0.2, 0.25) is 0 Å². The molecule has 2 fully saturated rings. The van der Waals surface area contributed by atoms with E-state index in [2.05, 4.69) is 0 Å².